The Kier molecular flexibility index (Phi) is 4.22. The molecule has 8 heteroatoms. The molecule has 0 bridgehead atoms. The van der Waals surface area contributed by atoms with E-state index in [1.807, 2.05) is 12.1 Å². The van der Waals surface area contributed by atoms with Gasteiger partial charge in [0.2, 0.25) is 0 Å². The average molecular weight is 424 g/mol. The Hall–Kier alpha value is -3.55. The molecule has 1 aromatic heterocycles. The van der Waals surface area contributed by atoms with Crippen LogP contribution in [0.3, 0.4) is 0 Å². The van der Waals surface area contributed by atoms with Gasteiger partial charge in [-0.25, -0.2) is 18.4 Å². The van der Waals surface area contributed by atoms with Crippen LogP contribution in [0.25, 0.3) is 11.0 Å². The first kappa shape index (κ1) is 19.4. The molecular weight excluding hydrogens is 406 g/mol. The number of nitrogens with zero attached hydrogens (tertiary/aromatic N) is 1. The highest BCUT2D eigenvalue weighted by Gasteiger charge is 2.50. The van der Waals surface area contributed by atoms with E-state index in [0.29, 0.717) is 16.5 Å². The summed E-state index contributed by atoms with van der Waals surface area (Å²) in [6.07, 6.45) is 2.82. The SMILES string of the molecule is CC1(c2cc(F)ccc2F)NC(=O)N(Cc2cc(=O)oc3cc4c(cc23)CCC4)C1=O. The van der Waals surface area contributed by atoms with Gasteiger partial charge >= 0.3 is 11.7 Å². The lowest BCUT2D eigenvalue weighted by Gasteiger charge is -2.23. The molecule has 1 aliphatic carbocycles. The maximum Gasteiger partial charge on any atom is 0.336 e. The van der Waals surface area contributed by atoms with Gasteiger partial charge in [0.25, 0.3) is 5.91 Å². The second-order valence-electron chi connectivity index (χ2n) is 8.13. The van der Waals surface area contributed by atoms with Crippen LogP contribution < -0.4 is 10.9 Å². The minimum absolute atomic E-state index is 0.196. The van der Waals surface area contributed by atoms with Crippen molar-refractivity contribution in [1.82, 2.24) is 10.2 Å². The number of hydrogen-bond acceptors (Lipinski definition) is 4. The Morgan fingerprint density at radius 3 is 2.58 bits per heavy atom. The standard InChI is InChI=1S/C23H18F2N2O4/c1-23(17-10-15(24)5-6-18(17)25)21(29)27(22(30)26-23)11-14-9-20(28)31-19-8-13-4-2-3-12(13)7-16(14)19/h5-10H,2-4,11H2,1H3,(H,26,30). The predicted molar refractivity (Wildman–Crippen MR) is 107 cm³/mol. The van der Waals surface area contributed by atoms with Crippen LogP contribution in [-0.2, 0) is 29.7 Å². The van der Waals surface area contributed by atoms with E-state index in [2.05, 4.69) is 5.32 Å². The number of halogens is 2. The van der Waals surface area contributed by atoms with Gasteiger partial charge in [0, 0.05) is 17.0 Å². The van der Waals surface area contributed by atoms with Crippen molar-refractivity contribution >= 4 is 22.9 Å². The summed E-state index contributed by atoms with van der Waals surface area (Å²) < 4.78 is 33.4. The van der Waals surface area contributed by atoms with Crippen LogP contribution in [0, 0.1) is 11.6 Å². The summed E-state index contributed by atoms with van der Waals surface area (Å²) in [7, 11) is 0. The van der Waals surface area contributed by atoms with Gasteiger partial charge in [-0.1, -0.05) is 0 Å². The minimum Gasteiger partial charge on any atom is -0.423 e. The Bertz CT molecular complexity index is 1330. The highest BCUT2D eigenvalue weighted by atomic mass is 19.1. The molecule has 1 unspecified atom stereocenters. The molecule has 0 saturated carbocycles. The van der Waals surface area contributed by atoms with E-state index in [-0.39, 0.29) is 12.1 Å². The zero-order valence-corrected chi connectivity index (χ0v) is 16.6. The fourth-order valence-electron chi connectivity index (χ4n) is 4.50. The first-order valence-corrected chi connectivity index (χ1v) is 9.94. The fourth-order valence-corrected chi connectivity index (χ4v) is 4.50. The van der Waals surface area contributed by atoms with Gasteiger partial charge in [-0.15, -0.1) is 0 Å². The van der Waals surface area contributed by atoms with Crippen LogP contribution >= 0.6 is 0 Å². The zero-order chi connectivity index (χ0) is 21.9. The number of aryl methyl sites for hydroxylation is 2. The number of carbonyl (C=O) groups excluding carboxylic acids is 2. The predicted octanol–water partition coefficient (Wildman–Crippen LogP) is 3.53. The normalized spacial score (nSPS) is 20.4. The summed E-state index contributed by atoms with van der Waals surface area (Å²) in [6, 6.07) is 7.01. The van der Waals surface area contributed by atoms with Gasteiger partial charge in [0.15, 0.2) is 0 Å². The molecular formula is C23H18F2N2O4. The highest BCUT2D eigenvalue weighted by molar-refractivity contribution is 6.07. The summed E-state index contributed by atoms with van der Waals surface area (Å²) in [6.45, 7) is 1.13. The van der Waals surface area contributed by atoms with Crippen LogP contribution in [0.4, 0.5) is 13.6 Å². The lowest BCUT2D eigenvalue weighted by molar-refractivity contribution is -0.131. The van der Waals surface area contributed by atoms with Crippen molar-refractivity contribution in [2.45, 2.75) is 38.3 Å². The number of carbonyl (C=O) groups is 2. The van der Waals surface area contributed by atoms with Crippen molar-refractivity contribution in [3.8, 4) is 0 Å². The Labute approximate surface area is 175 Å². The van der Waals surface area contributed by atoms with Crippen LogP contribution in [0.1, 0.15) is 35.6 Å². The number of urea groups is 1. The first-order valence-electron chi connectivity index (χ1n) is 9.94. The van der Waals surface area contributed by atoms with E-state index >= 15 is 0 Å². The topological polar surface area (TPSA) is 79.6 Å². The third kappa shape index (κ3) is 3.01. The molecule has 0 radical (unpaired) electrons. The van der Waals surface area contributed by atoms with Crippen LogP contribution in [0.15, 0.2) is 45.6 Å². The Balaban J connectivity index is 1.56. The smallest absolute Gasteiger partial charge is 0.336 e. The van der Waals surface area contributed by atoms with Crippen molar-refractivity contribution in [2.75, 3.05) is 0 Å². The van der Waals surface area contributed by atoms with Crippen molar-refractivity contribution in [2.24, 2.45) is 0 Å². The molecule has 2 aliphatic rings. The lowest BCUT2D eigenvalue weighted by atomic mass is 9.91. The van der Waals surface area contributed by atoms with Gasteiger partial charge in [0.05, 0.1) is 6.54 Å². The van der Waals surface area contributed by atoms with Crippen LogP contribution in [0.5, 0.6) is 0 Å². The number of amides is 3. The molecule has 3 aromatic rings. The summed E-state index contributed by atoms with van der Waals surface area (Å²) in [5, 5.41) is 3.11. The molecule has 2 aromatic carbocycles. The molecule has 2 heterocycles. The van der Waals surface area contributed by atoms with Gasteiger partial charge in [0.1, 0.15) is 22.8 Å². The first-order chi connectivity index (χ1) is 14.8. The maximum atomic E-state index is 14.4. The van der Waals surface area contributed by atoms with E-state index in [1.165, 1.54) is 13.0 Å². The van der Waals surface area contributed by atoms with Gasteiger partial charge in [-0.3, -0.25) is 9.69 Å². The number of benzene rings is 2. The molecule has 1 aliphatic heterocycles. The summed E-state index contributed by atoms with van der Waals surface area (Å²) in [5.41, 5.74) is 0.501. The molecule has 5 rings (SSSR count). The van der Waals surface area contributed by atoms with Crippen LogP contribution in [-0.4, -0.2) is 16.8 Å². The Morgan fingerprint density at radius 1 is 1.06 bits per heavy atom. The number of fused-ring (bicyclic) bond motifs is 2. The summed E-state index contributed by atoms with van der Waals surface area (Å²) in [5.74, 6) is -2.26. The lowest BCUT2D eigenvalue weighted by Crippen LogP contribution is -2.41. The monoisotopic (exact) mass is 424 g/mol. The summed E-state index contributed by atoms with van der Waals surface area (Å²) >= 11 is 0. The van der Waals surface area contributed by atoms with E-state index in [9.17, 15) is 23.2 Å². The molecule has 1 atom stereocenters. The fraction of sp³-hybridized carbons (Fsp3) is 0.261. The molecule has 0 spiro atoms. The molecule has 1 fully saturated rings. The van der Waals surface area contributed by atoms with Crippen LogP contribution in [0.2, 0.25) is 0 Å². The van der Waals surface area contributed by atoms with E-state index in [0.717, 1.165) is 53.5 Å². The number of imide groups is 1. The van der Waals surface area contributed by atoms with E-state index in [4.69, 9.17) is 4.42 Å². The third-order valence-corrected chi connectivity index (χ3v) is 6.11. The number of nitrogens with one attached hydrogen (secondary N) is 1. The summed E-state index contributed by atoms with van der Waals surface area (Å²) in [4.78, 5) is 38.8. The van der Waals surface area contributed by atoms with E-state index < -0.39 is 34.7 Å². The number of hydrogen-bond donors (Lipinski definition) is 1. The van der Waals surface area contributed by atoms with Crippen molar-refractivity contribution in [1.29, 1.82) is 0 Å². The second-order valence-corrected chi connectivity index (χ2v) is 8.13. The largest absolute Gasteiger partial charge is 0.423 e. The maximum absolute atomic E-state index is 14.4. The van der Waals surface area contributed by atoms with Crippen molar-refractivity contribution < 1.29 is 22.8 Å². The molecule has 158 valence electrons. The van der Waals surface area contributed by atoms with E-state index in [1.54, 1.807) is 0 Å². The number of rotatable bonds is 3. The molecule has 31 heavy (non-hydrogen) atoms. The molecule has 1 saturated heterocycles. The quantitative estimate of drug-likeness (QED) is 0.515. The van der Waals surface area contributed by atoms with Gasteiger partial charge in [-0.2, -0.15) is 0 Å². The van der Waals surface area contributed by atoms with Crippen molar-refractivity contribution in [3.63, 3.8) is 0 Å². The zero-order valence-electron chi connectivity index (χ0n) is 16.6. The van der Waals surface area contributed by atoms with Gasteiger partial charge < -0.3 is 9.73 Å². The molecule has 6 nitrogen and oxygen atoms in total. The second kappa shape index (κ2) is 6.73. The third-order valence-electron chi connectivity index (χ3n) is 6.11. The molecule has 1 N–H and O–H groups in total. The van der Waals surface area contributed by atoms with Gasteiger partial charge in [-0.05, 0) is 73.2 Å². The minimum atomic E-state index is -1.76. The van der Waals surface area contributed by atoms with Crippen molar-refractivity contribution in [3.05, 3.63) is 80.7 Å². The average Bonchev–Trinajstić information content (AvgIpc) is 3.26. The Morgan fingerprint density at radius 2 is 1.81 bits per heavy atom. The highest BCUT2D eigenvalue weighted by Crippen LogP contribution is 2.34. The molecule has 3 amide bonds.